The van der Waals surface area contributed by atoms with E-state index in [1.807, 2.05) is 0 Å². The van der Waals surface area contributed by atoms with Gasteiger partial charge in [-0.15, -0.1) is 0 Å². The molecule has 0 unspecified atom stereocenters. The van der Waals surface area contributed by atoms with Crippen molar-refractivity contribution >= 4 is 46.0 Å². The van der Waals surface area contributed by atoms with Gasteiger partial charge in [-0.3, -0.25) is 23.3 Å². The van der Waals surface area contributed by atoms with Crippen molar-refractivity contribution < 1.29 is 18.3 Å². The van der Waals surface area contributed by atoms with Crippen LogP contribution in [-0.2, 0) is 25.4 Å². The first kappa shape index (κ1) is 20.8. The monoisotopic (exact) mass is 447 g/mol. The molecule has 3 rings (SSSR count). The lowest BCUT2D eigenvalue weighted by molar-refractivity contribution is -0.116. The molecular formula is C16H13Cl2F2N5O4. The van der Waals surface area contributed by atoms with Gasteiger partial charge in [0.25, 0.3) is 5.56 Å². The van der Waals surface area contributed by atoms with Crippen LogP contribution in [0.3, 0.4) is 0 Å². The van der Waals surface area contributed by atoms with Crippen LogP contribution >= 0.6 is 23.2 Å². The highest BCUT2D eigenvalue weighted by Crippen LogP contribution is 2.29. The van der Waals surface area contributed by atoms with E-state index in [2.05, 4.69) is 15.0 Å². The van der Waals surface area contributed by atoms with Crippen LogP contribution < -0.4 is 21.3 Å². The lowest BCUT2D eigenvalue weighted by Gasteiger charge is -2.11. The summed E-state index contributed by atoms with van der Waals surface area (Å²) in [4.78, 5) is 40.8. The van der Waals surface area contributed by atoms with Gasteiger partial charge >= 0.3 is 12.3 Å². The number of aryl methyl sites for hydroxylation is 1. The second-order valence-electron chi connectivity index (χ2n) is 5.92. The van der Waals surface area contributed by atoms with Crippen LogP contribution in [0.25, 0.3) is 11.2 Å². The molecule has 0 spiro atoms. The van der Waals surface area contributed by atoms with Crippen LogP contribution in [0.1, 0.15) is 0 Å². The number of ether oxygens (including phenoxy) is 1. The molecule has 1 aromatic carbocycles. The maximum absolute atomic E-state index is 12.5. The fourth-order valence-corrected chi connectivity index (χ4v) is 3.13. The van der Waals surface area contributed by atoms with Crippen LogP contribution in [0, 0.1) is 0 Å². The van der Waals surface area contributed by atoms with Gasteiger partial charge in [0.05, 0.1) is 5.02 Å². The molecule has 0 aliphatic rings. The van der Waals surface area contributed by atoms with E-state index in [0.29, 0.717) is 0 Å². The topological polar surface area (TPSA) is 100 Å². The second-order valence-corrected chi connectivity index (χ2v) is 6.66. The Hall–Kier alpha value is -2.92. The molecule has 2 heterocycles. The third-order valence-electron chi connectivity index (χ3n) is 4.03. The van der Waals surface area contributed by atoms with Gasteiger partial charge in [0.15, 0.2) is 11.2 Å². The number of hydrogen-bond acceptors (Lipinski definition) is 5. The van der Waals surface area contributed by atoms with E-state index in [0.717, 1.165) is 13.7 Å². The summed E-state index contributed by atoms with van der Waals surface area (Å²) in [7, 11) is 2.71. The van der Waals surface area contributed by atoms with Gasteiger partial charge in [-0.2, -0.15) is 13.8 Å². The normalized spacial score (nSPS) is 11.3. The molecule has 0 radical (unpaired) electrons. The average Bonchev–Trinajstić information content (AvgIpc) is 2.96. The minimum atomic E-state index is -3.04. The number of amides is 1. The fourth-order valence-electron chi connectivity index (χ4n) is 2.68. The Balaban J connectivity index is 1.89. The van der Waals surface area contributed by atoms with Gasteiger partial charge < -0.3 is 10.1 Å². The number of benzene rings is 1. The molecule has 0 atom stereocenters. The highest BCUT2D eigenvalue weighted by Gasteiger charge is 2.20. The van der Waals surface area contributed by atoms with E-state index in [9.17, 15) is 23.2 Å². The Labute approximate surface area is 171 Å². The molecule has 0 aliphatic heterocycles. The summed E-state index contributed by atoms with van der Waals surface area (Å²) in [5.41, 5.74) is -1.02. The summed E-state index contributed by atoms with van der Waals surface area (Å²) < 4.78 is 32.0. The van der Waals surface area contributed by atoms with Crippen molar-refractivity contribution in [3.05, 3.63) is 49.3 Å². The standard InChI is InChI=1S/C16H13Cl2F2N5O4/c1-23-12-11(13(27)24(2)16(23)28)25(14(18)22-12)6-10(26)21-7-3-4-9(8(17)5-7)29-15(19)20/h3-5,15H,6H2,1-2H3,(H,21,26). The van der Waals surface area contributed by atoms with E-state index in [1.54, 1.807) is 0 Å². The van der Waals surface area contributed by atoms with Gasteiger partial charge in [0.1, 0.15) is 12.3 Å². The SMILES string of the molecule is Cn1c(=O)c2c(nc(Cl)n2CC(=O)Nc2ccc(OC(F)F)c(Cl)c2)n(C)c1=O. The molecule has 1 amide bonds. The number of anilines is 1. The van der Waals surface area contributed by atoms with Gasteiger partial charge in [-0.1, -0.05) is 11.6 Å². The Morgan fingerprint density at radius 1 is 1.24 bits per heavy atom. The summed E-state index contributed by atoms with van der Waals surface area (Å²) in [6.07, 6.45) is 0. The number of carbonyl (C=O) groups is 1. The van der Waals surface area contributed by atoms with Crippen LogP contribution in [-0.4, -0.2) is 31.2 Å². The Morgan fingerprint density at radius 2 is 1.93 bits per heavy atom. The Kier molecular flexibility index (Phi) is 5.62. The van der Waals surface area contributed by atoms with E-state index < -0.39 is 30.3 Å². The molecule has 3 aromatic rings. The lowest BCUT2D eigenvalue weighted by Crippen LogP contribution is -2.37. The van der Waals surface area contributed by atoms with Gasteiger partial charge in [-0.25, -0.2) is 4.79 Å². The first-order chi connectivity index (χ1) is 13.6. The van der Waals surface area contributed by atoms with E-state index in [-0.39, 0.29) is 32.9 Å². The van der Waals surface area contributed by atoms with Crippen molar-refractivity contribution in [3.63, 3.8) is 0 Å². The molecular weight excluding hydrogens is 435 g/mol. The quantitative estimate of drug-likeness (QED) is 0.602. The molecule has 1 N–H and O–H groups in total. The van der Waals surface area contributed by atoms with Gasteiger partial charge in [0.2, 0.25) is 11.2 Å². The lowest BCUT2D eigenvalue weighted by atomic mass is 10.3. The number of hydrogen-bond donors (Lipinski definition) is 1. The largest absolute Gasteiger partial charge is 0.433 e. The van der Waals surface area contributed by atoms with E-state index in [1.165, 1.54) is 32.3 Å². The first-order valence-corrected chi connectivity index (χ1v) is 8.71. The number of rotatable bonds is 5. The molecule has 13 heteroatoms. The predicted molar refractivity (Wildman–Crippen MR) is 102 cm³/mol. The first-order valence-electron chi connectivity index (χ1n) is 7.96. The average molecular weight is 448 g/mol. The highest BCUT2D eigenvalue weighted by molar-refractivity contribution is 6.32. The highest BCUT2D eigenvalue weighted by atomic mass is 35.5. The number of carbonyl (C=O) groups excluding carboxylic acids is 1. The Morgan fingerprint density at radius 3 is 2.55 bits per heavy atom. The van der Waals surface area contributed by atoms with Crippen molar-refractivity contribution in [2.75, 3.05) is 5.32 Å². The predicted octanol–water partition coefficient (Wildman–Crippen LogP) is 1.98. The molecule has 0 saturated heterocycles. The summed E-state index contributed by atoms with van der Waals surface area (Å²) in [5.74, 6) is -0.839. The number of nitrogens with zero attached hydrogens (tertiary/aromatic N) is 4. The number of halogens is 4. The Bertz CT molecular complexity index is 1230. The smallest absolute Gasteiger partial charge is 0.387 e. The van der Waals surface area contributed by atoms with E-state index in [4.69, 9.17) is 23.2 Å². The third kappa shape index (κ3) is 3.96. The summed E-state index contributed by atoms with van der Waals surface area (Å²) in [6.45, 7) is -3.43. The summed E-state index contributed by atoms with van der Waals surface area (Å²) in [6, 6.07) is 3.72. The van der Waals surface area contributed by atoms with Crippen LogP contribution in [0.5, 0.6) is 5.75 Å². The van der Waals surface area contributed by atoms with Crippen LogP contribution in [0.4, 0.5) is 14.5 Å². The van der Waals surface area contributed by atoms with Crippen molar-refractivity contribution in [1.82, 2.24) is 18.7 Å². The summed E-state index contributed by atoms with van der Waals surface area (Å²) in [5, 5.41) is 2.22. The van der Waals surface area contributed by atoms with Gasteiger partial charge in [-0.05, 0) is 29.8 Å². The third-order valence-corrected chi connectivity index (χ3v) is 4.62. The zero-order valence-corrected chi connectivity index (χ0v) is 16.5. The van der Waals surface area contributed by atoms with Crippen molar-refractivity contribution in [2.24, 2.45) is 14.1 Å². The summed E-state index contributed by atoms with van der Waals surface area (Å²) >= 11 is 11.9. The molecule has 0 bridgehead atoms. The number of alkyl halides is 2. The maximum atomic E-state index is 12.5. The van der Waals surface area contributed by atoms with E-state index >= 15 is 0 Å². The number of nitrogens with one attached hydrogen (secondary N) is 1. The molecule has 0 aliphatic carbocycles. The van der Waals surface area contributed by atoms with Crippen LogP contribution in [0.2, 0.25) is 10.3 Å². The van der Waals surface area contributed by atoms with Crippen LogP contribution in [0.15, 0.2) is 27.8 Å². The van der Waals surface area contributed by atoms with Crippen molar-refractivity contribution in [3.8, 4) is 5.75 Å². The van der Waals surface area contributed by atoms with Gasteiger partial charge in [0, 0.05) is 19.8 Å². The molecule has 2 aromatic heterocycles. The zero-order chi connectivity index (χ0) is 21.5. The molecule has 0 fully saturated rings. The molecule has 0 saturated carbocycles. The minimum Gasteiger partial charge on any atom is -0.433 e. The maximum Gasteiger partial charge on any atom is 0.387 e. The zero-order valence-electron chi connectivity index (χ0n) is 15.0. The second kappa shape index (κ2) is 7.84. The molecule has 9 nitrogen and oxygen atoms in total. The van der Waals surface area contributed by atoms with Crippen molar-refractivity contribution in [1.29, 1.82) is 0 Å². The molecule has 29 heavy (non-hydrogen) atoms. The molecule has 154 valence electrons. The minimum absolute atomic E-state index is 0.0199. The number of aromatic nitrogens is 4. The number of fused-ring (bicyclic) bond motifs is 1. The van der Waals surface area contributed by atoms with Crippen molar-refractivity contribution in [2.45, 2.75) is 13.2 Å². The fraction of sp³-hybridized carbons (Fsp3) is 0.250. The number of imidazole rings is 1.